The number of benzene rings is 1. The second-order valence-corrected chi connectivity index (χ2v) is 5.88. The molecule has 1 aliphatic heterocycles. The molecule has 0 saturated carbocycles. The van der Waals surface area contributed by atoms with Gasteiger partial charge >= 0.3 is 5.97 Å². The van der Waals surface area contributed by atoms with Gasteiger partial charge in [-0.1, -0.05) is 0 Å². The summed E-state index contributed by atoms with van der Waals surface area (Å²) in [6.07, 6.45) is 1.55. The van der Waals surface area contributed by atoms with Crippen LogP contribution < -0.4 is 9.47 Å². The van der Waals surface area contributed by atoms with Crippen molar-refractivity contribution in [2.24, 2.45) is 0 Å². The molecule has 28 heavy (non-hydrogen) atoms. The van der Waals surface area contributed by atoms with E-state index in [1.54, 1.807) is 31.2 Å². The molecular weight excluding hydrogens is 364 g/mol. The highest BCUT2D eigenvalue weighted by atomic mass is 16.5. The fourth-order valence-electron chi connectivity index (χ4n) is 2.71. The summed E-state index contributed by atoms with van der Waals surface area (Å²) < 4.78 is 15.3. The number of carbonyl (C=O) groups excluding carboxylic acids is 3. The molecule has 0 fully saturated rings. The molecule has 0 spiro atoms. The van der Waals surface area contributed by atoms with Gasteiger partial charge in [0.1, 0.15) is 29.7 Å². The summed E-state index contributed by atoms with van der Waals surface area (Å²) >= 11 is 0. The lowest BCUT2D eigenvalue weighted by Crippen LogP contribution is -2.44. The van der Waals surface area contributed by atoms with Crippen LogP contribution in [0.2, 0.25) is 0 Å². The summed E-state index contributed by atoms with van der Waals surface area (Å²) in [6, 6.07) is 6.92. The fourth-order valence-corrected chi connectivity index (χ4v) is 2.71. The van der Waals surface area contributed by atoms with Gasteiger partial charge in [-0.15, -0.1) is 0 Å². The Morgan fingerprint density at radius 2 is 1.93 bits per heavy atom. The maximum absolute atomic E-state index is 12.9. The van der Waals surface area contributed by atoms with E-state index in [0.29, 0.717) is 17.1 Å². The van der Waals surface area contributed by atoms with Crippen LogP contribution in [0, 0.1) is 11.3 Å². The number of hydrogen-bond acceptors (Lipinski definition) is 7. The van der Waals surface area contributed by atoms with Gasteiger partial charge in [-0.3, -0.25) is 19.3 Å². The van der Waals surface area contributed by atoms with Gasteiger partial charge in [0, 0.05) is 24.1 Å². The van der Waals surface area contributed by atoms with Crippen LogP contribution in [-0.2, 0) is 19.1 Å². The van der Waals surface area contributed by atoms with Crippen molar-refractivity contribution in [1.29, 1.82) is 5.26 Å². The van der Waals surface area contributed by atoms with Crippen LogP contribution in [0.5, 0.6) is 11.5 Å². The van der Waals surface area contributed by atoms with Crippen LogP contribution in [0.4, 0.5) is 0 Å². The molecule has 0 saturated heterocycles. The highest BCUT2D eigenvalue weighted by Crippen LogP contribution is 2.31. The van der Waals surface area contributed by atoms with E-state index in [4.69, 9.17) is 14.2 Å². The van der Waals surface area contributed by atoms with Crippen molar-refractivity contribution < 1.29 is 28.6 Å². The number of esters is 1. The summed E-state index contributed by atoms with van der Waals surface area (Å²) in [4.78, 5) is 37.2. The Hall–Kier alpha value is -3.60. The fraction of sp³-hybridized carbons (Fsp3) is 0.300. The predicted molar refractivity (Wildman–Crippen MR) is 99.2 cm³/mol. The number of nitriles is 1. The number of amides is 2. The Kier molecular flexibility index (Phi) is 6.55. The Labute approximate surface area is 162 Å². The number of ether oxygens (including phenoxy) is 3. The van der Waals surface area contributed by atoms with Gasteiger partial charge in [0.2, 0.25) is 0 Å². The van der Waals surface area contributed by atoms with Crippen molar-refractivity contribution in [2.45, 2.75) is 13.8 Å². The van der Waals surface area contributed by atoms with Crippen LogP contribution in [0.15, 0.2) is 34.9 Å². The molecule has 8 nitrogen and oxygen atoms in total. The van der Waals surface area contributed by atoms with Crippen molar-refractivity contribution in [1.82, 2.24) is 4.90 Å². The van der Waals surface area contributed by atoms with Gasteiger partial charge < -0.3 is 14.2 Å². The van der Waals surface area contributed by atoms with Crippen molar-refractivity contribution in [3.8, 4) is 17.6 Å². The Bertz CT molecular complexity index is 923. The number of carbonyl (C=O) groups is 3. The predicted octanol–water partition coefficient (Wildman–Crippen LogP) is 1.86. The average molecular weight is 384 g/mol. The zero-order chi connectivity index (χ0) is 20.8. The summed E-state index contributed by atoms with van der Waals surface area (Å²) in [5, 5.41) is 9.38. The van der Waals surface area contributed by atoms with E-state index >= 15 is 0 Å². The number of nitrogens with zero attached hydrogens (tertiary/aromatic N) is 2. The number of methoxy groups -OCH3 is 2. The van der Waals surface area contributed by atoms with Gasteiger partial charge in [0.15, 0.2) is 0 Å². The Morgan fingerprint density at radius 1 is 1.21 bits per heavy atom. The zero-order valence-corrected chi connectivity index (χ0v) is 16.1. The van der Waals surface area contributed by atoms with E-state index in [-0.39, 0.29) is 29.9 Å². The minimum absolute atomic E-state index is 0.138. The molecule has 0 N–H and O–H groups in total. The molecule has 0 unspecified atom stereocenters. The van der Waals surface area contributed by atoms with Crippen LogP contribution in [0.3, 0.4) is 0 Å². The molecule has 2 rings (SSSR count). The molecule has 0 aromatic heterocycles. The lowest BCUT2D eigenvalue weighted by atomic mass is 9.93. The molecule has 0 aliphatic carbocycles. The standard InChI is InChI=1S/C20H20N2O6/c1-12-16(9-14-5-6-15(26-3)10-18(14)27-4)19(24)22(7-8-28-13(2)23)20(25)17(12)11-21/h5-6,9-10H,7-8H2,1-4H3/b16-9+. The summed E-state index contributed by atoms with van der Waals surface area (Å²) in [5.41, 5.74) is 0.903. The van der Waals surface area contributed by atoms with Crippen molar-refractivity contribution >= 4 is 23.9 Å². The minimum atomic E-state index is -0.712. The third-order valence-electron chi connectivity index (χ3n) is 4.19. The van der Waals surface area contributed by atoms with Crippen LogP contribution >= 0.6 is 0 Å². The van der Waals surface area contributed by atoms with Crippen molar-refractivity contribution in [2.75, 3.05) is 27.4 Å². The smallest absolute Gasteiger partial charge is 0.302 e. The van der Waals surface area contributed by atoms with Crippen LogP contribution in [0.1, 0.15) is 19.4 Å². The van der Waals surface area contributed by atoms with Crippen molar-refractivity contribution in [3.05, 3.63) is 40.5 Å². The first kappa shape index (κ1) is 20.7. The molecule has 1 aliphatic rings. The third-order valence-corrected chi connectivity index (χ3v) is 4.19. The van der Waals surface area contributed by atoms with Gasteiger partial charge in [0.05, 0.1) is 20.8 Å². The lowest BCUT2D eigenvalue weighted by molar-refractivity contribution is -0.147. The second kappa shape index (κ2) is 8.86. The van der Waals surface area contributed by atoms with Crippen LogP contribution in [0.25, 0.3) is 6.08 Å². The summed E-state index contributed by atoms with van der Waals surface area (Å²) in [5.74, 6) is -0.767. The summed E-state index contributed by atoms with van der Waals surface area (Å²) in [6.45, 7) is 2.47. The molecule has 1 aromatic carbocycles. The molecular formula is C20H20N2O6. The molecule has 1 aromatic rings. The molecule has 146 valence electrons. The first-order valence-electron chi connectivity index (χ1n) is 8.38. The van der Waals surface area contributed by atoms with E-state index in [1.807, 2.05) is 6.07 Å². The number of hydrogen-bond donors (Lipinski definition) is 0. The third kappa shape index (κ3) is 4.20. The quantitative estimate of drug-likeness (QED) is 0.419. The maximum Gasteiger partial charge on any atom is 0.302 e. The molecule has 2 amide bonds. The monoisotopic (exact) mass is 384 g/mol. The van der Waals surface area contributed by atoms with Gasteiger partial charge in [-0.25, -0.2) is 0 Å². The highest BCUT2D eigenvalue weighted by molar-refractivity contribution is 6.19. The molecule has 8 heteroatoms. The largest absolute Gasteiger partial charge is 0.497 e. The van der Waals surface area contributed by atoms with Gasteiger partial charge in [-0.2, -0.15) is 5.26 Å². The van der Waals surface area contributed by atoms with E-state index in [1.165, 1.54) is 21.1 Å². The molecule has 1 heterocycles. The van der Waals surface area contributed by atoms with Gasteiger partial charge in [-0.05, 0) is 30.7 Å². The average Bonchev–Trinajstić information content (AvgIpc) is 2.68. The second-order valence-electron chi connectivity index (χ2n) is 5.88. The normalized spacial score (nSPS) is 15.5. The zero-order valence-electron chi connectivity index (χ0n) is 16.1. The van der Waals surface area contributed by atoms with E-state index in [2.05, 4.69) is 0 Å². The van der Waals surface area contributed by atoms with Crippen molar-refractivity contribution in [3.63, 3.8) is 0 Å². The number of rotatable bonds is 6. The summed E-state index contributed by atoms with van der Waals surface area (Å²) in [7, 11) is 3.01. The van der Waals surface area contributed by atoms with Crippen LogP contribution in [-0.4, -0.2) is 50.1 Å². The molecule has 0 radical (unpaired) electrons. The first-order valence-corrected chi connectivity index (χ1v) is 8.38. The number of imide groups is 1. The molecule has 0 atom stereocenters. The Morgan fingerprint density at radius 3 is 2.50 bits per heavy atom. The highest BCUT2D eigenvalue weighted by Gasteiger charge is 2.35. The minimum Gasteiger partial charge on any atom is -0.497 e. The SMILES string of the molecule is COc1ccc(/C=C2/C(=O)N(CCOC(C)=O)C(=O)C(C#N)=C2C)c(OC)c1. The Balaban J connectivity index is 2.49. The molecule has 0 bridgehead atoms. The first-order chi connectivity index (χ1) is 13.3. The maximum atomic E-state index is 12.9. The van der Waals surface area contributed by atoms with Gasteiger partial charge in [0.25, 0.3) is 11.8 Å². The topological polar surface area (TPSA) is 106 Å². The lowest BCUT2D eigenvalue weighted by Gasteiger charge is -2.27. The van der Waals surface area contributed by atoms with E-state index in [9.17, 15) is 19.6 Å². The van der Waals surface area contributed by atoms with E-state index < -0.39 is 17.8 Å². The van der Waals surface area contributed by atoms with E-state index in [0.717, 1.165) is 4.90 Å².